The van der Waals surface area contributed by atoms with Crippen molar-refractivity contribution in [2.45, 2.75) is 55.3 Å². The fraction of sp³-hybridized carbons (Fsp3) is 0.351. The first-order valence-corrected chi connectivity index (χ1v) is 18.4. The number of amides is 3. The zero-order valence-electron chi connectivity index (χ0n) is 34.9. The molecule has 1 aromatic heterocycles. The number of halogens is 20. The van der Waals surface area contributed by atoms with Crippen molar-refractivity contribution < 1.29 is 102 Å². The molecule has 2 aromatic carbocycles. The van der Waals surface area contributed by atoms with Crippen molar-refractivity contribution >= 4 is 34.8 Å². The largest absolute Gasteiger partial charge is 0.459 e. The van der Waals surface area contributed by atoms with Crippen LogP contribution in [0.5, 0.6) is 0 Å². The summed E-state index contributed by atoms with van der Waals surface area (Å²) in [6.45, 7) is -3.27. The number of rotatable bonds is 15. The quantitative estimate of drug-likeness (QED) is 0.0456. The smallest absolute Gasteiger partial charge is 0.396 e. The Kier molecular flexibility index (Phi) is 18.2. The van der Waals surface area contributed by atoms with Crippen molar-refractivity contribution in [1.29, 1.82) is 0 Å². The molecule has 0 radical (unpaired) electrons. The third kappa shape index (κ3) is 14.4. The Morgan fingerprint density at radius 3 is 1.39 bits per heavy atom. The number of hydrogen-bond donors (Lipinski definition) is 7. The number of nitrogens with zero attached hydrogens (tertiary/aromatic N) is 3. The number of carbonyl (C=O) groups is 3. The van der Waals surface area contributed by atoms with Crippen LogP contribution in [0.2, 0.25) is 0 Å². The van der Waals surface area contributed by atoms with Gasteiger partial charge in [0.1, 0.15) is 0 Å². The van der Waals surface area contributed by atoms with Gasteiger partial charge in [-0.3, -0.25) is 19.4 Å². The molecule has 0 aliphatic heterocycles. The molecule has 11 N–H and O–H groups in total. The standard InChI is InChI=1S/C25H27F10N9O2.C12H7F10NO/c1-3-40-20(45)12-6-18(16(36)9-43(2)38)42-19(7-12)17(37)10-44(39)13-4-5-14(15(8-13)23(28,29)30)21(46)41-11-22(26,27)24(31,32)25(33,34)35;13-9(14,11(18,19)12(20,21)22)5-23-8(24)6-3-1-2-4-7(6)10(15,16)17/h4-10H,3,11,36-39H2,1-2H3,(H,40,45)(H,41,46);1-4H,5H2,(H,23,24)/b16-9-,17-10-;. The Morgan fingerprint density at radius 1 is 0.571 bits per heavy atom. The summed E-state index contributed by atoms with van der Waals surface area (Å²) in [5.74, 6) is -17.8. The summed E-state index contributed by atoms with van der Waals surface area (Å²) in [7, 11) is 1.44. The lowest BCUT2D eigenvalue weighted by Crippen LogP contribution is -2.56. The summed E-state index contributed by atoms with van der Waals surface area (Å²) >= 11 is 0. The van der Waals surface area contributed by atoms with E-state index in [-0.39, 0.29) is 41.0 Å². The second-order valence-corrected chi connectivity index (χ2v) is 13.9. The number of aromatic nitrogens is 1. The fourth-order valence-corrected chi connectivity index (χ4v) is 5.06. The van der Waals surface area contributed by atoms with E-state index in [0.29, 0.717) is 23.2 Å². The molecule has 1 heterocycles. The Labute approximate surface area is 379 Å². The highest BCUT2D eigenvalue weighted by atomic mass is 19.4. The summed E-state index contributed by atoms with van der Waals surface area (Å²) in [5, 5.41) is 6.08. The minimum Gasteiger partial charge on any atom is -0.396 e. The molecule has 0 fully saturated rings. The summed E-state index contributed by atoms with van der Waals surface area (Å²) in [5.41, 5.74) is 5.07. The van der Waals surface area contributed by atoms with E-state index < -0.39 is 107 Å². The van der Waals surface area contributed by atoms with E-state index in [4.69, 9.17) is 23.2 Å². The number of alkyl halides is 20. The van der Waals surface area contributed by atoms with E-state index in [1.54, 1.807) is 6.92 Å². The number of hydrazine groups is 2. The van der Waals surface area contributed by atoms with Gasteiger partial charge in [0.25, 0.3) is 17.7 Å². The Morgan fingerprint density at radius 2 is 0.986 bits per heavy atom. The molecule has 70 heavy (non-hydrogen) atoms. The van der Waals surface area contributed by atoms with Gasteiger partial charge in [0.15, 0.2) is 0 Å². The van der Waals surface area contributed by atoms with Crippen LogP contribution in [0, 0.1) is 0 Å². The van der Waals surface area contributed by atoms with Gasteiger partial charge in [-0.2, -0.15) is 87.8 Å². The minimum absolute atomic E-state index is 0.0154. The van der Waals surface area contributed by atoms with Crippen LogP contribution in [0.3, 0.4) is 0 Å². The van der Waals surface area contributed by atoms with Gasteiger partial charge in [-0.15, -0.1) is 0 Å². The lowest BCUT2D eigenvalue weighted by molar-refractivity contribution is -0.352. The van der Waals surface area contributed by atoms with Gasteiger partial charge in [0.2, 0.25) is 0 Å². The molecule has 3 amide bonds. The first-order valence-electron chi connectivity index (χ1n) is 18.4. The average molecular weight is 1050 g/mol. The first kappa shape index (κ1) is 59.3. The molecule has 0 bridgehead atoms. The van der Waals surface area contributed by atoms with Crippen molar-refractivity contribution in [1.82, 2.24) is 25.9 Å². The van der Waals surface area contributed by atoms with Crippen LogP contribution in [0.1, 0.15) is 60.5 Å². The molecule has 0 unspecified atom stereocenters. The maximum atomic E-state index is 13.8. The molecule has 3 aromatic rings. The second kappa shape index (κ2) is 21.5. The molecule has 13 nitrogen and oxygen atoms in total. The van der Waals surface area contributed by atoms with E-state index in [2.05, 4.69) is 10.3 Å². The van der Waals surface area contributed by atoms with Gasteiger partial charge in [-0.25, -0.2) is 16.7 Å². The zero-order valence-corrected chi connectivity index (χ0v) is 34.9. The van der Waals surface area contributed by atoms with Crippen LogP contribution >= 0.6 is 0 Å². The highest BCUT2D eigenvalue weighted by molar-refractivity contribution is 5.97. The summed E-state index contributed by atoms with van der Waals surface area (Å²) in [6.07, 6.45) is -21.7. The van der Waals surface area contributed by atoms with Crippen LogP contribution in [0.4, 0.5) is 93.5 Å². The topological polar surface area (TPSA) is 211 Å². The minimum atomic E-state index is -6.72. The average Bonchev–Trinajstić information content (AvgIpc) is 3.22. The number of nitrogens with two attached hydrogens (primary N) is 4. The van der Waals surface area contributed by atoms with Crippen molar-refractivity contribution in [3.63, 3.8) is 0 Å². The Balaban J connectivity index is 0.000000587. The van der Waals surface area contributed by atoms with E-state index in [9.17, 15) is 102 Å². The van der Waals surface area contributed by atoms with Gasteiger partial charge in [-0.1, -0.05) is 12.1 Å². The molecular formula is C37H34F20N10O3. The van der Waals surface area contributed by atoms with E-state index in [1.807, 2.05) is 0 Å². The maximum Gasteiger partial charge on any atom is 0.459 e. The normalized spacial score (nSPS) is 13.5. The molecule has 3 rings (SSSR count). The molecule has 0 saturated heterocycles. The maximum absolute atomic E-state index is 13.8. The van der Waals surface area contributed by atoms with Crippen molar-refractivity contribution in [2.24, 2.45) is 23.2 Å². The van der Waals surface area contributed by atoms with Gasteiger partial charge >= 0.3 is 48.4 Å². The number of hydrogen-bond acceptors (Lipinski definition) is 10. The first-order chi connectivity index (χ1) is 31.5. The molecule has 0 atom stereocenters. The molecule has 0 aliphatic carbocycles. The number of benzene rings is 2. The monoisotopic (exact) mass is 1050 g/mol. The van der Waals surface area contributed by atoms with Gasteiger partial charge < -0.3 is 32.4 Å². The van der Waals surface area contributed by atoms with E-state index in [1.165, 1.54) is 25.4 Å². The summed E-state index contributed by atoms with van der Waals surface area (Å²) in [6, 6.07) is 6.70. The second-order valence-electron chi connectivity index (χ2n) is 13.9. The molecule has 33 heteroatoms. The van der Waals surface area contributed by atoms with Gasteiger partial charge in [0.05, 0.1) is 63.8 Å². The summed E-state index contributed by atoms with van der Waals surface area (Å²) < 4.78 is 257. The number of carbonyl (C=O) groups excluding carboxylic acids is 3. The Bertz CT molecular complexity index is 2420. The predicted octanol–water partition coefficient (Wildman–Crippen LogP) is 7.38. The third-order valence-electron chi connectivity index (χ3n) is 8.54. The highest BCUT2D eigenvalue weighted by Crippen LogP contribution is 2.47. The number of nitrogens with one attached hydrogen (secondary N) is 3. The number of anilines is 1. The third-order valence-corrected chi connectivity index (χ3v) is 8.54. The van der Waals surface area contributed by atoms with Crippen molar-refractivity contribution in [2.75, 3.05) is 31.7 Å². The molecule has 390 valence electrons. The van der Waals surface area contributed by atoms with E-state index >= 15 is 0 Å². The van der Waals surface area contributed by atoms with Crippen LogP contribution < -0.4 is 44.1 Å². The van der Waals surface area contributed by atoms with E-state index in [0.717, 1.165) is 40.0 Å². The molecule has 0 spiro atoms. The van der Waals surface area contributed by atoms with Gasteiger partial charge in [-0.05, 0) is 49.4 Å². The van der Waals surface area contributed by atoms with Crippen LogP contribution in [0.15, 0.2) is 67.0 Å². The molecule has 0 saturated carbocycles. The highest BCUT2D eigenvalue weighted by Gasteiger charge is 2.73. The van der Waals surface area contributed by atoms with Crippen molar-refractivity contribution in [3.05, 3.63) is 106 Å². The Hall–Kier alpha value is -6.80. The summed E-state index contributed by atoms with van der Waals surface area (Å²) in [4.78, 5) is 40.4. The van der Waals surface area contributed by atoms with Crippen molar-refractivity contribution in [3.8, 4) is 0 Å². The number of pyridine rings is 1. The van der Waals surface area contributed by atoms with Crippen LogP contribution in [0.25, 0.3) is 11.4 Å². The fourth-order valence-electron chi connectivity index (χ4n) is 5.06. The molecule has 0 aliphatic rings. The lowest BCUT2D eigenvalue weighted by Gasteiger charge is -2.28. The van der Waals surface area contributed by atoms with Gasteiger partial charge in [0, 0.05) is 31.6 Å². The molecular weight excluding hydrogens is 1010 g/mol. The predicted molar refractivity (Wildman–Crippen MR) is 205 cm³/mol. The lowest BCUT2D eigenvalue weighted by atomic mass is 10.0. The SMILES string of the molecule is CCNC(=O)c1cc(/C(N)=C/N(C)N)nc(/C(N)=C/N(N)c2ccc(C(=O)NCC(F)(F)C(F)(F)C(F)(F)F)c(C(F)(F)F)c2)c1.O=C(NCC(F)(F)C(F)(F)C(F)(F)F)c1ccccc1C(F)(F)F. The zero-order chi connectivity index (χ0) is 54.4. The van der Waals surface area contributed by atoms with Crippen LogP contribution in [-0.4, -0.2) is 90.4 Å². The van der Waals surface area contributed by atoms with Crippen LogP contribution in [-0.2, 0) is 12.4 Å².